The van der Waals surface area contributed by atoms with E-state index >= 15 is 0 Å². The van der Waals surface area contributed by atoms with Crippen LogP contribution >= 0.6 is 0 Å². The van der Waals surface area contributed by atoms with Crippen LogP contribution in [0.15, 0.2) is 12.2 Å². The van der Waals surface area contributed by atoms with Crippen LogP contribution in [0.1, 0.15) is 26.7 Å². The lowest BCUT2D eigenvalue weighted by Crippen LogP contribution is -2.30. The molecule has 2 heteroatoms. The average molecular weight is 176 g/mol. The van der Waals surface area contributed by atoms with E-state index in [1.807, 2.05) is 13.8 Å². The topological polar surface area (TPSA) is 47.6 Å². The summed E-state index contributed by atoms with van der Waals surface area (Å²) >= 11 is 0. The van der Waals surface area contributed by atoms with E-state index in [0.717, 1.165) is 18.4 Å². The van der Waals surface area contributed by atoms with Crippen LogP contribution in [-0.2, 0) is 0 Å². The zero-order valence-corrected chi connectivity index (χ0v) is 8.30. The van der Waals surface area contributed by atoms with Crippen LogP contribution in [0.5, 0.6) is 0 Å². The standard InChI is InChI=1S/C11H16N2/c1-7(2)9-4-10(6-12)8(3)11(13)5-9/h8-10,13H,1,4-5H2,2-3H3. The van der Waals surface area contributed by atoms with E-state index in [-0.39, 0.29) is 11.8 Å². The summed E-state index contributed by atoms with van der Waals surface area (Å²) in [5.41, 5.74) is 1.82. The number of allylic oxidation sites excluding steroid dienone is 1. The maximum absolute atomic E-state index is 8.90. The highest BCUT2D eigenvalue weighted by molar-refractivity contribution is 5.85. The summed E-state index contributed by atoms with van der Waals surface area (Å²) in [6.07, 6.45) is 1.68. The minimum atomic E-state index is 0.0166. The van der Waals surface area contributed by atoms with Gasteiger partial charge in [0.25, 0.3) is 0 Å². The molecule has 13 heavy (non-hydrogen) atoms. The number of hydrogen-bond donors (Lipinski definition) is 1. The summed E-state index contributed by atoms with van der Waals surface area (Å²) in [6, 6.07) is 2.29. The molecular weight excluding hydrogens is 160 g/mol. The first-order chi connectivity index (χ1) is 6.06. The smallest absolute Gasteiger partial charge is 0.0662 e. The number of nitriles is 1. The Hall–Kier alpha value is -1.10. The van der Waals surface area contributed by atoms with Gasteiger partial charge in [-0.05, 0) is 25.7 Å². The molecular formula is C11H16N2. The van der Waals surface area contributed by atoms with Gasteiger partial charge in [0.15, 0.2) is 0 Å². The largest absolute Gasteiger partial charge is 0.309 e. The summed E-state index contributed by atoms with van der Waals surface area (Å²) in [7, 11) is 0. The van der Waals surface area contributed by atoms with Gasteiger partial charge in [0.1, 0.15) is 0 Å². The van der Waals surface area contributed by atoms with Crippen LogP contribution < -0.4 is 0 Å². The van der Waals surface area contributed by atoms with Gasteiger partial charge in [0, 0.05) is 11.6 Å². The van der Waals surface area contributed by atoms with Gasteiger partial charge >= 0.3 is 0 Å². The molecule has 1 aliphatic carbocycles. The van der Waals surface area contributed by atoms with Crippen LogP contribution in [0.3, 0.4) is 0 Å². The molecule has 0 radical (unpaired) electrons. The molecule has 1 saturated carbocycles. The van der Waals surface area contributed by atoms with E-state index in [0.29, 0.717) is 11.6 Å². The average Bonchev–Trinajstić information content (AvgIpc) is 2.09. The number of nitrogens with one attached hydrogen (secondary N) is 1. The highest BCUT2D eigenvalue weighted by Gasteiger charge is 2.31. The molecule has 0 bridgehead atoms. The first-order valence-corrected chi connectivity index (χ1v) is 4.68. The fourth-order valence-electron chi connectivity index (χ4n) is 1.83. The van der Waals surface area contributed by atoms with Crippen LogP contribution in [0.4, 0.5) is 0 Å². The van der Waals surface area contributed by atoms with Crippen LogP contribution in [-0.4, -0.2) is 5.71 Å². The third-order valence-corrected chi connectivity index (χ3v) is 3.02. The summed E-state index contributed by atoms with van der Waals surface area (Å²) in [4.78, 5) is 0. The molecule has 0 aliphatic heterocycles. The third kappa shape index (κ3) is 1.98. The van der Waals surface area contributed by atoms with Gasteiger partial charge in [0.2, 0.25) is 0 Å². The summed E-state index contributed by atoms with van der Waals surface area (Å²) in [6.45, 7) is 7.87. The van der Waals surface area contributed by atoms with Crippen LogP contribution in [0.25, 0.3) is 0 Å². The Morgan fingerprint density at radius 1 is 1.69 bits per heavy atom. The molecule has 2 nitrogen and oxygen atoms in total. The van der Waals surface area contributed by atoms with Crippen molar-refractivity contribution in [3.05, 3.63) is 12.2 Å². The third-order valence-electron chi connectivity index (χ3n) is 3.02. The van der Waals surface area contributed by atoms with Gasteiger partial charge in [-0.3, -0.25) is 0 Å². The van der Waals surface area contributed by atoms with E-state index < -0.39 is 0 Å². The highest BCUT2D eigenvalue weighted by atomic mass is 14.5. The molecule has 0 heterocycles. The van der Waals surface area contributed by atoms with Gasteiger partial charge in [-0.25, -0.2) is 0 Å². The monoisotopic (exact) mass is 176 g/mol. The summed E-state index contributed by atoms with van der Waals surface area (Å²) in [5.74, 6) is 0.511. The van der Waals surface area contributed by atoms with Gasteiger partial charge in [-0.1, -0.05) is 19.1 Å². The molecule has 3 unspecified atom stereocenters. The number of rotatable bonds is 1. The number of nitrogens with zero attached hydrogens (tertiary/aromatic N) is 1. The van der Waals surface area contributed by atoms with E-state index in [4.69, 9.17) is 10.7 Å². The molecule has 0 aromatic rings. The Balaban J connectivity index is 2.76. The van der Waals surface area contributed by atoms with E-state index in [2.05, 4.69) is 12.6 Å². The van der Waals surface area contributed by atoms with Crippen molar-refractivity contribution in [2.24, 2.45) is 17.8 Å². The van der Waals surface area contributed by atoms with Crippen molar-refractivity contribution in [2.45, 2.75) is 26.7 Å². The summed E-state index contributed by atoms with van der Waals surface area (Å²) < 4.78 is 0. The Morgan fingerprint density at radius 3 is 2.77 bits per heavy atom. The van der Waals surface area contributed by atoms with Crippen molar-refractivity contribution in [3.8, 4) is 6.07 Å². The van der Waals surface area contributed by atoms with E-state index in [1.165, 1.54) is 0 Å². The predicted octanol–water partition coefficient (Wildman–Crippen LogP) is 2.77. The number of hydrogen-bond acceptors (Lipinski definition) is 2. The second-order valence-corrected chi connectivity index (χ2v) is 4.03. The van der Waals surface area contributed by atoms with Gasteiger partial charge in [0.05, 0.1) is 12.0 Å². The van der Waals surface area contributed by atoms with Gasteiger partial charge in [-0.15, -0.1) is 0 Å². The van der Waals surface area contributed by atoms with Crippen molar-refractivity contribution in [3.63, 3.8) is 0 Å². The lowest BCUT2D eigenvalue weighted by molar-refractivity contribution is 0.386. The molecule has 70 valence electrons. The first-order valence-electron chi connectivity index (χ1n) is 4.68. The lowest BCUT2D eigenvalue weighted by Gasteiger charge is -2.31. The fourth-order valence-corrected chi connectivity index (χ4v) is 1.83. The zero-order chi connectivity index (χ0) is 10.0. The first kappa shape index (κ1) is 9.98. The molecule has 3 atom stereocenters. The molecule has 1 fully saturated rings. The van der Waals surface area contributed by atoms with Crippen molar-refractivity contribution >= 4 is 5.71 Å². The lowest BCUT2D eigenvalue weighted by atomic mass is 9.72. The zero-order valence-electron chi connectivity index (χ0n) is 8.30. The normalized spacial score (nSPS) is 33.9. The summed E-state index contributed by atoms with van der Waals surface area (Å²) in [5, 5.41) is 16.7. The molecule has 1 N–H and O–H groups in total. The van der Waals surface area contributed by atoms with Crippen LogP contribution in [0, 0.1) is 34.5 Å². The van der Waals surface area contributed by atoms with Crippen molar-refractivity contribution in [1.82, 2.24) is 0 Å². The Morgan fingerprint density at radius 2 is 2.31 bits per heavy atom. The van der Waals surface area contributed by atoms with Crippen LogP contribution in [0.2, 0.25) is 0 Å². The SMILES string of the molecule is C=C(C)C1CC(=N)C(C)C(C#N)C1. The minimum absolute atomic E-state index is 0.0166. The van der Waals surface area contributed by atoms with Crippen molar-refractivity contribution < 1.29 is 0 Å². The molecule has 1 rings (SSSR count). The maximum Gasteiger partial charge on any atom is 0.0662 e. The fraction of sp³-hybridized carbons (Fsp3) is 0.636. The maximum atomic E-state index is 8.90. The van der Waals surface area contributed by atoms with E-state index in [9.17, 15) is 0 Å². The molecule has 1 aliphatic rings. The van der Waals surface area contributed by atoms with Crippen molar-refractivity contribution in [2.75, 3.05) is 0 Å². The van der Waals surface area contributed by atoms with Gasteiger partial charge < -0.3 is 5.41 Å². The highest BCUT2D eigenvalue weighted by Crippen LogP contribution is 2.34. The second kappa shape index (κ2) is 3.74. The second-order valence-electron chi connectivity index (χ2n) is 4.03. The quantitative estimate of drug-likeness (QED) is 0.613. The molecule has 0 aromatic carbocycles. The Kier molecular flexibility index (Phi) is 2.87. The molecule has 0 spiro atoms. The Labute approximate surface area is 79.8 Å². The van der Waals surface area contributed by atoms with E-state index in [1.54, 1.807) is 0 Å². The van der Waals surface area contributed by atoms with Crippen molar-refractivity contribution in [1.29, 1.82) is 10.7 Å². The minimum Gasteiger partial charge on any atom is -0.309 e. The van der Waals surface area contributed by atoms with Gasteiger partial charge in [-0.2, -0.15) is 5.26 Å². The predicted molar refractivity (Wildman–Crippen MR) is 53.5 cm³/mol. The Bertz CT molecular complexity index is 272. The molecule has 0 aromatic heterocycles. The molecule has 0 amide bonds. The molecule has 0 saturated heterocycles.